The zero-order chi connectivity index (χ0) is 10.8. The van der Waals surface area contributed by atoms with E-state index in [4.69, 9.17) is 5.84 Å². The molecule has 5 nitrogen and oxygen atoms in total. The lowest BCUT2D eigenvalue weighted by molar-refractivity contribution is 0.399. The lowest BCUT2D eigenvalue weighted by Gasteiger charge is -2.35. The Hall–Kier alpha value is -1.36. The monoisotopic (exact) mass is 207 g/mol. The molecule has 2 rings (SSSR count). The number of nitrogens with two attached hydrogens (primary N) is 1. The molecule has 0 bridgehead atoms. The van der Waals surface area contributed by atoms with E-state index in [2.05, 4.69) is 27.3 Å². The largest absolute Gasteiger partial charge is 0.357 e. The molecule has 1 aliphatic rings. The first-order valence-electron chi connectivity index (χ1n) is 5.26. The van der Waals surface area contributed by atoms with Gasteiger partial charge in [-0.15, -0.1) is 0 Å². The van der Waals surface area contributed by atoms with Crippen LogP contribution in [0.2, 0.25) is 0 Å². The van der Waals surface area contributed by atoms with Gasteiger partial charge in [0.15, 0.2) is 0 Å². The number of nitrogens with zero attached hydrogens (tertiary/aromatic N) is 3. The highest BCUT2D eigenvalue weighted by Crippen LogP contribution is 2.27. The molecule has 1 heterocycles. The van der Waals surface area contributed by atoms with Gasteiger partial charge in [-0.2, -0.15) is 0 Å². The first-order valence-corrected chi connectivity index (χ1v) is 5.26. The van der Waals surface area contributed by atoms with Crippen LogP contribution >= 0.6 is 0 Å². The fraction of sp³-hybridized carbons (Fsp3) is 0.600. The predicted molar refractivity (Wildman–Crippen MR) is 60.6 cm³/mol. The lowest BCUT2D eigenvalue weighted by Crippen LogP contribution is -2.37. The zero-order valence-electron chi connectivity index (χ0n) is 9.20. The Morgan fingerprint density at radius 3 is 2.73 bits per heavy atom. The van der Waals surface area contributed by atoms with E-state index in [1.54, 1.807) is 0 Å². The minimum atomic E-state index is 0.630. The molecule has 0 unspecified atom stereocenters. The summed E-state index contributed by atoms with van der Waals surface area (Å²) in [6, 6.07) is 2.51. The van der Waals surface area contributed by atoms with E-state index in [1.807, 2.05) is 13.0 Å². The maximum Gasteiger partial charge on any atom is 0.145 e. The van der Waals surface area contributed by atoms with Crippen molar-refractivity contribution in [2.45, 2.75) is 32.2 Å². The number of aryl methyl sites for hydroxylation is 1. The number of hydrazine groups is 1. The molecule has 0 aliphatic heterocycles. The fourth-order valence-corrected chi connectivity index (χ4v) is 1.77. The summed E-state index contributed by atoms with van der Waals surface area (Å²) in [4.78, 5) is 10.8. The molecule has 1 aromatic heterocycles. The first-order chi connectivity index (χ1) is 7.20. The molecule has 1 aromatic rings. The number of rotatable bonds is 3. The third-order valence-corrected chi connectivity index (χ3v) is 2.96. The first kappa shape index (κ1) is 10.2. The predicted octanol–water partition coefficient (Wildman–Crippen LogP) is 1.06. The molecule has 5 heteroatoms. The molecule has 1 aliphatic carbocycles. The number of hydrogen-bond acceptors (Lipinski definition) is 5. The van der Waals surface area contributed by atoms with Crippen LogP contribution in [-0.2, 0) is 0 Å². The van der Waals surface area contributed by atoms with Crippen LogP contribution < -0.4 is 16.2 Å². The number of nitrogen functional groups attached to an aromatic ring is 1. The second-order valence-corrected chi connectivity index (χ2v) is 4.00. The van der Waals surface area contributed by atoms with Crippen LogP contribution in [0.4, 0.5) is 11.6 Å². The van der Waals surface area contributed by atoms with Gasteiger partial charge in [-0.1, -0.05) is 0 Å². The van der Waals surface area contributed by atoms with Gasteiger partial charge in [-0.3, -0.25) is 0 Å². The highest BCUT2D eigenvalue weighted by molar-refractivity contribution is 5.49. The minimum absolute atomic E-state index is 0.630. The van der Waals surface area contributed by atoms with Crippen LogP contribution in [0.25, 0.3) is 0 Å². The molecule has 1 saturated carbocycles. The third kappa shape index (κ3) is 2.02. The van der Waals surface area contributed by atoms with E-state index >= 15 is 0 Å². The van der Waals surface area contributed by atoms with E-state index in [0.29, 0.717) is 11.9 Å². The van der Waals surface area contributed by atoms with Crippen molar-refractivity contribution < 1.29 is 0 Å². The summed E-state index contributed by atoms with van der Waals surface area (Å²) in [6.45, 7) is 1.87. The van der Waals surface area contributed by atoms with Gasteiger partial charge < -0.3 is 10.3 Å². The van der Waals surface area contributed by atoms with Crippen molar-refractivity contribution in [3.05, 3.63) is 11.9 Å². The van der Waals surface area contributed by atoms with Crippen LogP contribution in [0.5, 0.6) is 0 Å². The molecule has 0 atom stereocenters. The fourth-order valence-electron chi connectivity index (χ4n) is 1.77. The number of nitrogens with one attached hydrogen (secondary N) is 1. The Bertz CT molecular complexity index is 348. The van der Waals surface area contributed by atoms with Crippen LogP contribution in [0.15, 0.2) is 6.07 Å². The van der Waals surface area contributed by atoms with Gasteiger partial charge in [-0.25, -0.2) is 15.8 Å². The molecule has 0 amide bonds. The number of aromatic nitrogens is 2. The Balaban J connectivity index is 2.22. The molecule has 1 fully saturated rings. The molecule has 0 saturated heterocycles. The van der Waals surface area contributed by atoms with E-state index < -0.39 is 0 Å². The standard InChI is InChI=1S/C10H17N5/c1-7-12-9(14-11)6-10(13-7)15(2)8-4-3-5-8/h6,8H,3-5,11H2,1-2H3,(H,12,13,14). The SMILES string of the molecule is Cc1nc(NN)cc(N(C)C2CCC2)n1. The normalized spacial score (nSPS) is 15.9. The zero-order valence-corrected chi connectivity index (χ0v) is 9.20. The van der Waals surface area contributed by atoms with Crippen molar-refractivity contribution in [2.24, 2.45) is 5.84 Å². The number of hydrogen-bond donors (Lipinski definition) is 2. The molecule has 0 radical (unpaired) electrons. The summed E-state index contributed by atoms with van der Waals surface area (Å²) in [5.41, 5.74) is 2.56. The summed E-state index contributed by atoms with van der Waals surface area (Å²) >= 11 is 0. The highest BCUT2D eigenvalue weighted by Gasteiger charge is 2.23. The molecular formula is C10H17N5. The minimum Gasteiger partial charge on any atom is -0.357 e. The van der Waals surface area contributed by atoms with E-state index in [0.717, 1.165) is 11.6 Å². The van der Waals surface area contributed by atoms with Crippen LogP contribution in [-0.4, -0.2) is 23.1 Å². The summed E-state index contributed by atoms with van der Waals surface area (Å²) in [5.74, 6) is 7.71. The molecule has 0 aromatic carbocycles. The quantitative estimate of drug-likeness (QED) is 0.573. The maximum absolute atomic E-state index is 5.35. The summed E-state index contributed by atoms with van der Waals surface area (Å²) in [5, 5.41) is 0. The van der Waals surface area contributed by atoms with Crippen molar-refractivity contribution in [1.82, 2.24) is 9.97 Å². The van der Waals surface area contributed by atoms with Gasteiger partial charge in [0.1, 0.15) is 17.5 Å². The van der Waals surface area contributed by atoms with Crippen LogP contribution in [0, 0.1) is 6.92 Å². The van der Waals surface area contributed by atoms with Gasteiger partial charge in [0.25, 0.3) is 0 Å². The van der Waals surface area contributed by atoms with Crippen LogP contribution in [0.3, 0.4) is 0 Å². The van der Waals surface area contributed by atoms with Gasteiger partial charge in [0.2, 0.25) is 0 Å². The second-order valence-electron chi connectivity index (χ2n) is 4.00. The van der Waals surface area contributed by atoms with Crippen molar-refractivity contribution in [2.75, 3.05) is 17.4 Å². The summed E-state index contributed by atoms with van der Waals surface area (Å²) < 4.78 is 0. The second kappa shape index (κ2) is 4.02. The van der Waals surface area contributed by atoms with E-state index in [9.17, 15) is 0 Å². The Kier molecular flexibility index (Phi) is 2.73. The Morgan fingerprint density at radius 2 is 2.20 bits per heavy atom. The van der Waals surface area contributed by atoms with Crippen LogP contribution in [0.1, 0.15) is 25.1 Å². The number of anilines is 2. The van der Waals surface area contributed by atoms with Crippen molar-refractivity contribution in [3.8, 4) is 0 Å². The van der Waals surface area contributed by atoms with Crippen molar-refractivity contribution in [3.63, 3.8) is 0 Å². The molecule has 15 heavy (non-hydrogen) atoms. The van der Waals surface area contributed by atoms with Gasteiger partial charge in [-0.05, 0) is 26.2 Å². The summed E-state index contributed by atoms with van der Waals surface area (Å²) in [6.07, 6.45) is 3.83. The van der Waals surface area contributed by atoms with E-state index in [-0.39, 0.29) is 0 Å². The maximum atomic E-state index is 5.35. The smallest absolute Gasteiger partial charge is 0.145 e. The van der Waals surface area contributed by atoms with Gasteiger partial charge >= 0.3 is 0 Å². The van der Waals surface area contributed by atoms with E-state index in [1.165, 1.54) is 19.3 Å². The van der Waals surface area contributed by atoms with Crippen molar-refractivity contribution >= 4 is 11.6 Å². The molecule has 3 N–H and O–H groups in total. The lowest BCUT2D eigenvalue weighted by atomic mass is 9.92. The third-order valence-electron chi connectivity index (χ3n) is 2.96. The highest BCUT2D eigenvalue weighted by atomic mass is 15.3. The average molecular weight is 207 g/mol. The molecule has 82 valence electrons. The average Bonchev–Trinajstić information content (AvgIpc) is 2.14. The van der Waals surface area contributed by atoms with Crippen molar-refractivity contribution in [1.29, 1.82) is 0 Å². The van der Waals surface area contributed by atoms with Gasteiger partial charge in [0, 0.05) is 19.2 Å². The Morgan fingerprint density at radius 1 is 1.47 bits per heavy atom. The molecule has 0 spiro atoms. The van der Waals surface area contributed by atoms with Gasteiger partial charge in [0.05, 0.1) is 0 Å². The Labute approximate surface area is 89.7 Å². The summed E-state index contributed by atoms with van der Waals surface area (Å²) in [7, 11) is 2.08. The topological polar surface area (TPSA) is 67.1 Å². The molecular weight excluding hydrogens is 190 g/mol.